The van der Waals surface area contributed by atoms with Crippen LogP contribution in [-0.2, 0) is 12.7 Å². The summed E-state index contributed by atoms with van der Waals surface area (Å²) in [6.45, 7) is 1.48. The fourth-order valence-electron chi connectivity index (χ4n) is 4.22. The van der Waals surface area contributed by atoms with Crippen LogP contribution in [-0.4, -0.2) is 39.0 Å². The molecule has 4 aromatic rings. The van der Waals surface area contributed by atoms with Gasteiger partial charge in [0.15, 0.2) is 5.69 Å². The number of rotatable bonds is 5. The van der Waals surface area contributed by atoms with Crippen LogP contribution < -0.4 is 5.32 Å². The summed E-state index contributed by atoms with van der Waals surface area (Å²) in [5.41, 5.74) is 2.58. The zero-order valence-corrected chi connectivity index (χ0v) is 18.1. The molecule has 1 aliphatic rings. The molecule has 1 unspecified atom stereocenters. The molecule has 1 aliphatic heterocycles. The van der Waals surface area contributed by atoms with Crippen molar-refractivity contribution in [2.75, 3.05) is 18.4 Å². The molecule has 0 aliphatic carbocycles. The van der Waals surface area contributed by atoms with E-state index < -0.39 is 23.5 Å². The summed E-state index contributed by atoms with van der Waals surface area (Å²) in [6.07, 6.45) is -3.08. The molecule has 1 fully saturated rings. The molecule has 1 amide bonds. The predicted octanol–water partition coefficient (Wildman–Crippen LogP) is 5.20. The highest BCUT2D eigenvalue weighted by Crippen LogP contribution is 2.31. The number of hydrogen-bond donors (Lipinski definition) is 2. The first-order chi connectivity index (χ1) is 16.4. The normalized spacial score (nSPS) is 16.7. The van der Waals surface area contributed by atoms with Gasteiger partial charge in [0.2, 0.25) is 5.76 Å². The molecule has 5 rings (SSSR count). The number of alkyl halides is 3. The third kappa shape index (κ3) is 4.61. The maximum Gasteiger partial charge on any atom is 0.436 e. The average molecular weight is 469 g/mol. The fraction of sp³-hybridized carbons (Fsp3) is 0.292. The molecule has 34 heavy (non-hydrogen) atoms. The van der Waals surface area contributed by atoms with E-state index in [2.05, 4.69) is 25.0 Å². The van der Waals surface area contributed by atoms with Crippen molar-refractivity contribution in [2.45, 2.75) is 31.5 Å². The molecule has 10 heteroatoms. The van der Waals surface area contributed by atoms with E-state index in [0.717, 1.165) is 41.0 Å². The van der Waals surface area contributed by atoms with E-state index in [4.69, 9.17) is 0 Å². The van der Waals surface area contributed by atoms with Crippen molar-refractivity contribution in [3.8, 4) is 0 Å². The zero-order valence-electron chi connectivity index (χ0n) is 18.1. The highest BCUT2D eigenvalue weighted by atomic mass is 19.4. The van der Waals surface area contributed by atoms with Crippen molar-refractivity contribution < 1.29 is 22.5 Å². The number of anilines is 1. The van der Waals surface area contributed by atoms with Gasteiger partial charge in [0.1, 0.15) is 5.82 Å². The van der Waals surface area contributed by atoms with Crippen LogP contribution in [0, 0.1) is 0 Å². The van der Waals surface area contributed by atoms with Crippen molar-refractivity contribution in [2.24, 2.45) is 0 Å². The van der Waals surface area contributed by atoms with Crippen LogP contribution in [0.15, 0.2) is 59.1 Å². The maximum atomic E-state index is 12.8. The molecule has 0 radical (unpaired) electrons. The van der Waals surface area contributed by atoms with E-state index >= 15 is 0 Å². The number of aromatic amines is 1. The number of halogens is 3. The first-order valence-corrected chi connectivity index (χ1v) is 11.0. The van der Waals surface area contributed by atoms with E-state index in [9.17, 15) is 18.0 Å². The summed E-state index contributed by atoms with van der Waals surface area (Å²) in [7, 11) is 0. The smallest absolute Gasteiger partial charge is 0.366 e. The highest BCUT2D eigenvalue weighted by Gasteiger charge is 2.37. The first kappa shape index (κ1) is 22.0. The lowest BCUT2D eigenvalue weighted by atomic mass is 9.94. The molecule has 7 nitrogen and oxygen atoms in total. The quantitative estimate of drug-likeness (QED) is 0.420. The van der Waals surface area contributed by atoms with Gasteiger partial charge in [0.25, 0.3) is 5.91 Å². The molecule has 2 N–H and O–H groups in total. The Morgan fingerprint density at radius 2 is 2.00 bits per heavy atom. The summed E-state index contributed by atoms with van der Waals surface area (Å²) in [6, 6.07) is 16.5. The summed E-state index contributed by atoms with van der Waals surface area (Å²) >= 11 is 0. The van der Waals surface area contributed by atoms with E-state index in [0.29, 0.717) is 25.7 Å². The van der Waals surface area contributed by atoms with Gasteiger partial charge in [0.05, 0.1) is 11.0 Å². The molecular weight excluding hydrogens is 447 g/mol. The summed E-state index contributed by atoms with van der Waals surface area (Å²) in [5, 5.41) is 6.30. The number of H-pyrrole nitrogens is 1. The number of aromatic nitrogens is 3. The van der Waals surface area contributed by atoms with Crippen LogP contribution in [0.3, 0.4) is 0 Å². The first-order valence-electron chi connectivity index (χ1n) is 11.0. The van der Waals surface area contributed by atoms with Gasteiger partial charge in [0, 0.05) is 37.3 Å². The topological polar surface area (TPSA) is 87.1 Å². The summed E-state index contributed by atoms with van der Waals surface area (Å²) in [5.74, 6) is -0.222. The van der Waals surface area contributed by atoms with E-state index in [1.54, 1.807) is 0 Å². The Morgan fingerprint density at radius 1 is 1.18 bits per heavy atom. The molecule has 4 heterocycles. The highest BCUT2D eigenvalue weighted by molar-refractivity contribution is 5.91. The molecule has 0 spiro atoms. The minimum Gasteiger partial charge on any atom is -0.366 e. The lowest BCUT2D eigenvalue weighted by Crippen LogP contribution is -2.39. The molecule has 1 atom stereocenters. The Kier molecular flexibility index (Phi) is 5.72. The SMILES string of the molecule is O=C(c1cc(C(F)(F)F)no1)N1CCCC(c2cc3nc(NCc4ccccc4)ccc3[nH]2)C1. The monoisotopic (exact) mass is 469 g/mol. The molecule has 0 saturated carbocycles. The number of benzene rings is 1. The van der Waals surface area contributed by atoms with E-state index in [1.165, 1.54) is 4.90 Å². The molecule has 3 aromatic heterocycles. The molecule has 1 aromatic carbocycles. The van der Waals surface area contributed by atoms with Gasteiger partial charge < -0.3 is 19.7 Å². The standard InChI is InChI=1S/C24H22F3N5O2/c25-24(26,27)21-12-20(34-31-21)23(33)32-10-4-7-16(14-32)18-11-19-17(29-18)8-9-22(30-19)28-13-15-5-2-1-3-6-15/h1-3,5-6,8-9,11-12,16,29H,4,7,10,13-14H2,(H,28,30). The largest absolute Gasteiger partial charge is 0.436 e. The number of carbonyl (C=O) groups is 1. The second-order valence-corrected chi connectivity index (χ2v) is 8.36. The van der Waals surface area contributed by atoms with Crippen molar-refractivity contribution in [1.82, 2.24) is 20.0 Å². The van der Waals surface area contributed by atoms with E-state index in [-0.39, 0.29) is 5.92 Å². The Morgan fingerprint density at radius 3 is 2.76 bits per heavy atom. The van der Waals surface area contributed by atoms with Gasteiger partial charge >= 0.3 is 6.18 Å². The average Bonchev–Trinajstić information content (AvgIpc) is 3.50. The predicted molar refractivity (Wildman–Crippen MR) is 119 cm³/mol. The van der Waals surface area contributed by atoms with Crippen molar-refractivity contribution in [3.63, 3.8) is 0 Å². The lowest BCUT2D eigenvalue weighted by Gasteiger charge is -2.31. The number of fused-ring (bicyclic) bond motifs is 1. The van der Waals surface area contributed by atoms with E-state index in [1.807, 2.05) is 48.5 Å². The molecule has 176 valence electrons. The third-order valence-electron chi connectivity index (χ3n) is 5.97. The van der Waals surface area contributed by atoms with Gasteiger partial charge in [-0.25, -0.2) is 4.98 Å². The van der Waals surface area contributed by atoms with Crippen molar-refractivity contribution in [3.05, 3.63) is 77.3 Å². The Bertz CT molecular complexity index is 1300. The number of nitrogens with zero attached hydrogens (tertiary/aromatic N) is 3. The number of pyridine rings is 1. The number of hydrogen-bond acceptors (Lipinski definition) is 5. The Hall–Kier alpha value is -3.82. The minimum atomic E-state index is -4.65. The Labute approximate surface area is 193 Å². The van der Waals surface area contributed by atoms with Crippen molar-refractivity contribution >= 4 is 22.8 Å². The second kappa shape index (κ2) is 8.85. The van der Waals surface area contributed by atoms with Gasteiger partial charge in [-0.2, -0.15) is 13.2 Å². The number of amides is 1. The van der Waals surface area contributed by atoms with Crippen LogP contribution >= 0.6 is 0 Å². The van der Waals surface area contributed by atoms with Gasteiger partial charge in [-0.3, -0.25) is 4.79 Å². The number of carbonyl (C=O) groups excluding carboxylic acids is 1. The van der Waals surface area contributed by atoms with Crippen LogP contribution in [0.4, 0.5) is 19.0 Å². The molecular formula is C24H22F3N5O2. The number of piperidine rings is 1. The van der Waals surface area contributed by atoms with Gasteiger partial charge in [-0.05, 0) is 36.6 Å². The summed E-state index contributed by atoms with van der Waals surface area (Å²) < 4.78 is 43.1. The molecule has 0 bridgehead atoms. The van der Waals surface area contributed by atoms with Crippen molar-refractivity contribution in [1.29, 1.82) is 0 Å². The van der Waals surface area contributed by atoms with Crippen LogP contribution in [0.25, 0.3) is 11.0 Å². The van der Waals surface area contributed by atoms with Crippen LogP contribution in [0.1, 0.15) is 46.3 Å². The van der Waals surface area contributed by atoms with Crippen LogP contribution in [0.5, 0.6) is 0 Å². The second-order valence-electron chi connectivity index (χ2n) is 8.36. The third-order valence-corrected chi connectivity index (χ3v) is 5.97. The van der Waals surface area contributed by atoms with Gasteiger partial charge in [-0.1, -0.05) is 35.5 Å². The number of nitrogens with one attached hydrogen (secondary N) is 2. The Balaban J connectivity index is 1.28. The zero-order chi connectivity index (χ0) is 23.7. The maximum absolute atomic E-state index is 12.8. The fourth-order valence-corrected chi connectivity index (χ4v) is 4.22. The minimum absolute atomic E-state index is 0.0117. The van der Waals surface area contributed by atoms with Gasteiger partial charge in [-0.15, -0.1) is 0 Å². The lowest BCUT2D eigenvalue weighted by molar-refractivity contribution is -0.142. The number of likely N-dealkylation sites (tertiary alicyclic amines) is 1. The molecule has 1 saturated heterocycles. The van der Waals surface area contributed by atoms with Crippen LogP contribution in [0.2, 0.25) is 0 Å². The summed E-state index contributed by atoms with van der Waals surface area (Å²) in [4.78, 5) is 22.3.